The van der Waals surface area contributed by atoms with Gasteiger partial charge in [0.15, 0.2) is 5.78 Å². The van der Waals surface area contributed by atoms with E-state index in [1.807, 2.05) is 26.1 Å². The van der Waals surface area contributed by atoms with E-state index in [2.05, 4.69) is 9.88 Å². The van der Waals surface area contributed by atoms with Crippen molar-refractivity contribution in [2.24, 2.45) is 0 Å². The molecule has 0 fully saturated rings. The summed E-state index contributed by atoms with van der Waals surface area (Å²) in [6.45, 7) is 4.08. The molecule has 128 valence electrons. The molecule has 0 atom stereocenters. The summed E-state index contributed by atoms with van der Waals surface area (Å²) >= 11 is 0. The number of carbonyl (C=O) groups is 1. The standard InChI is InChI=1S/C19H25N3O2/c1-3-24-19-5-4-16(14-17(19)20)18(23)9-13-22(2)12-8-15-6-10-21-11-7-15/h4-7,10-11,14H,3,8-9,12-13,20H2,1-2H3. The Kier molecular flexibility index (Phi) is 6.75. The van der Waals surface area contributed by atoms with E-state index in [0.29, 0.717) is 30.0 Å². The summed E-state index contributed by atoms with van der Waals surface area (Å²) in [5.41, 5.74) is 8.32. The maximum Gasteiger partial charge on any atom is 0.164 e. The number of hydrogen-bond acceptors (Lipinski definition) is 5. The third kappa shape index (κ3) is 5.35. The van der Waals surface area contributed by atoms with Gasteiger partial charge >= 0.3 is 0 Å². The molecular formula is C19H25N3O2. The zero-order valence-corrected chi connectivity index (χ0v) is 14.4. The van der Waals surface area contributed by atoms with Crippen LogP contribution in [-0.2, 0) is 6.42 Å². The van der Waals surface area contributed by atoms with Crippen LogP contribution in [0.3, 0.4) is 0 Å². The number of Topliss-reactive ketones (excluding diaryl/α,β-unsaturated/α-hetero) is 1. The highest BCUT2D eigenvalue weighted by atomic mass is 16.5. The van der Waals surface area contributed by atoms with Gasteiger partial charge in [-0.3, -0.25) is 9.78 Å². The molecular weight excluding hydrogens is 302 g/mol. The van der Waals surface area contributed by atoms with E-state index >= 15 is 0 Å². The van der Waals surface area contributed by atoms with Gasteiger partial charge in [-0.05, 0) is 56.3 Å². The van der Waals surface area contributed by atoms with Gasteiger partial charge in [0.1, 0.15) is 5.75 Å². The summed E-state index contributed by atoms with van der Waals surface area (Å²) in [6.07, 6.45) is 5.02. The zero-order chi connectivity index (χ0) is 17.4. The van der Waals surface area contributed by atoms with Crippen molar-refractivity contribution in [2.75, 3.05) is 32.5 Å². The average molecular weight is 327 g/mol. The lowest BCUT2D eigenvalue weighted by atomic mass is 10.1. The fourth-order valence-electron chi connectivity index (χ4n) is 2.43. The molecule has 0 saturated carbocycles. The molecule has 1 aromatic heterocycles. The van der Waals surface area contributed by atoms with Crippen LogP contribution < -0.4 is 10.5 Å². The lowest BCUT2D eigenvalue weighted by Gasteiger charge is -2.16. The molecule has 0 radical (unpaired) electrons. The molecule has 1 aromatic carbocycles. The van der Waals surface area contributed by atoms with E-state index in [1.54, 1.807) is 30.6 Å². The van der Waals surface area contributed by atoms with Crippen LogP contribution in [0.2, 0.25) is 0 Å². The first-order valence-corrected chi connectivity index (χ1v) is 8.23. The second-order valence-electron chi connectivity index (χ2n) is 5.77. The van der Waals surface area contributed by atoms with Gasteiger partial charge in [-0.25, -0.2) is 0 Å². The van der Waals surface area contributed by atoms with Crippen LogP contribution in [-0.4, -0.2) is 42.4 Å². The second-order valence-corrected chi connectivity index (χ2v) is 5.77. The summed E-state index contributed by atoms with van der Waals surface area (Å²) in [7, 11) is 2.03. The van der Waals surface area contributed by atoms with Crippen molar-refractivity contribution >= 4 is 11.5 Å². The fourth-order valence-corrected chi connectivity index (χ4v) is 2.43. The fraction of sp³-hybridized carbons (Fsp3) is 0.368. The number of pyridine rings is 1. The number of ether oxygens (including phenoxy) is 1. The molecule has 2 rings (SSSR count). The van der Waals surface area contributed by atoms with Crippen molar-refractivity contribution in [1.29, 1.82) is 0 Å². The van der Waals surface area contributed by atoms with E-state index in [0.717, 1.165) is 19.5 Å². The molecule has 0 amide bonds. The Morgan fingerprint density at radius 3 is 2.62 bits per heavy atom. The van der Waals surface area contributed by atoms with Crippen LogP contribution in [0.1, 0.15) is 29.3 Å². The number of aromatic nitrogens is 1. The minimum absolute atomic E-state index is 0.0977. The number of nitrogens with zero attached hydrogens (tertiary/aromatic N) is 2. The van der Waals surface area contributed by atoms with Gasteiger partial charge in [0.25, 0.3) is 0 Å². The molecule has 5 nitrogen and oxygen atoms in total. The quantitative estimate of drug-likeness (QED) is 0.566. The molecule has 0 aliphatic rings. The highest BCUT2D eigenvalue weighted by molar-refractivity contribution is 5.97. The molecule has 24 heavy (non-hydrogen) atoms. The second kappa shape index (κ2) is 9.03. The first-order chi connectivity index (χ1) is 11.6. The third-order valence-electron chi connectivity index (χ3n) is 3.88. The van der Waals surface area contributed by atoms with Crippen molar-refractivity contribution < 1.29 is 9.53 Å². The Hall–Kier alpha value is -2.40. The molecule has 0 aliphatic carbocycles. The van der Waals surface area contributed by atoms with Gasteiger partial charge in [0.2, 0.25) is 0 Å². The number of benzene rings is 1. The topological polar surface area (TPSA) is 68.5 Å². The van der Waals surface area contributed by atoms with E-state index in [4.69, 9.17) is 10.5 Å². The minimum atomic E-state index is 0.0977. The highest BCUT2D eigenvalue weighted by Crippen LogP contribution is 2.23. The van der Waals surface area contributed by atoms with E-state index in [-0.39, 0.29) is 5.78 Å². The van der Waals surface area contributed by atoms with Gasteiger partial charge in [0, 0.05) is 37.5 Å². The number of rotatable bonds is 9. The molecule has 5 heteroatoms. The number of likely N-dealkylation sites (N-methyl/N-ethyl adjacent to an activating group) is 1. The van der Waals surface area contributed by atoms with Crippen LogP contribution in [0.15, 0.2) is 42.7 Å². The summed E-state index contributed by atoms with van der Waals surface area (Å²) in [6, 6.07) is 9.27. The van der Waals surface area contributed by atoms with Gasteiger partial charge in [-0.1, -0.05) is 0 Å². The molecule has 0 saturated heterocycles. The summed E-state index contributed by atoms with van der Waals surface area (Å²) < 4.78 is 5.39. The van der Waals surface area contributed by atoms with Crippen molar-refractivity contribution in [3.63, 3.8) is 0 Å². The molecule has 0 bridgehead atoms. The van der Waals surface area contributed by atoms with E-state index < -0.39 is 0 Å². The predicted molar refractivity (Wildman–Crippen MR) is 96.4 cm³/mol. The zero-order valence-electron chi connectivity index (χ0n) is 14.4. The Morgan fingerprint density at radius 2 is 1.96 bits per heavy atom. The predicted octanol–water partition coefficient (Wildman–Crippen LogP) is 2.81. The number of ketones is 1. The molecule has 1 heterocycles. The maximum absolute atomic E-state index is 12.3. The van der Waals surface area contributed by atoms with Gasteiger partial charge < -0.3 is 15.4 Å². The Morgan fingerprint density at radius 1 is 1.21 bits per heavy atom. The molecule has 0 spiro atoms. The minimum Gasteiger partial charge on any atom is -0.492 e. The van der Waals surface area contributed by atoms with Crippen molar-refractivity contribution in [3.05, 3.63) is 53.9 Å². The summed E-state index contributed by atoms with van der Waals surface area (Å²) in [4.78, 5) is 18.5. The van der Waals surface area contributed by atoms with Crippen LogP contribution in [0.5, 0.6) is 5.75 Å². The van der Waals surface area contributed by atoms with Crippen LogP contribution in [0, 0.1) is 0 Å². The number of anilines is 1. The Balaban J connectivity index is 1.80. The molecule has 0 aliphatic heterocycles. The smallest absolute Gasteiger partial charge is 0.164 e. The maximum atomic E-state index is 12.3. The van der Waals surface area contributed by atoms with Gasteiger partial charge in [-0.2, -0.15) is 0 Å². The number of carbonyl (C=O) groups excluding carboxylic acids is 1. The first kappa shape index (κ1) is 17.9. The third-order valence-corrected chi connectivity index (χ3v) is 3.88. The van der Waals surface area contributed by atoms with E-state index in [9.17, 15) is 4.79 Å². The van der Waals surface area contributed by atoms with Crippen LogP contribution in [0.25, 0.3) is 0 Å². The summed E-state index contributed by atoms with van der Waals surface area (Å²) in [5, 5.41) is 0. The molecule has 0 unspecified atom stereocenters. The normalized spacial score (nSPS) is 10.8. The van der Waals surface area contributed by atoms with Crippen molar-refractivity contribution in [3.8, 4) is 5.75 Å². The van der Waals surface area contributed by atoms with Gasteiger partial charge in [0.05, 0.1) is 12.3 Å². The Labute approximate surface area is 143 Å². The number of nitrogens with two attached hydrogens (primary N) is 1. The monoisotopic (exact) mass is 327 g/mol. The first-order valence-electron chi connectivity index (χ1n) is 8.23. The number of nitrogen functional groups attached to an aromatic ring is 1. The number of hydrogen-bond donors (Lipinski definition) is 1. The van der Waals surface area contributed by atoms with Crippen LogP contribution >= 0.6 is 0 Å². The van der Waals surface area contributed by atoms with Gasteiger partial charge in [-0.15, -0.1) is 0 Å². The summed E-state index contributed by atoms with van der Waals surface area (Å²) in [5.74, 6) is 0.726. The largest absolute Gasteiger partial charge is 0.492 e. The molecule has 2 N–H and O–H groups in total. The lowest BCUT2D eigenvalue weighted by Crippen LogP contribution is -2.24. The highest BCUT2D eigenvalue weighted by Gasteiger charge is 2.10. The Bertz CT molecular complexity index is 659. The average Bonchev–Trinajstić information content (AvgIpc) is 2.60. The van der Waals surface area contributed by atoms with Crippen molar-refractivity contribution in [2.45, 2.75) is 19.8 Å². The molecule has 2 aromatic rings. The van der Waals surface area contributed by atoms with E-state index in [1.165, 1.54) is 5.56 Å². The van der Waals surface area contributed by atoms with Crippen molar-refractivity contribution in [1.82, 2.24) is 9.88 Å². The SMILES string of the molecule is CCOc1ccc(C(=O)CCN(C)CCc2ccncc2)cc1N. The lowest BCUT2D eigenvalue weighted by molar-refractivity contribution is 0.0969. The van der Waals surface area contributed by atoms with Crippen LogP contribution in [0.4, 0.5) is 5.69 Å².